The molecule has 4 rings (SSSR count). The summed E-state index contributed by atoms with van der Waals surface area (Å²) in [6.07, 6.45) is 7.80. The number of amides is 1. The maximum Gasteiger partial charge on any atom is 0.252 e. The molecule has 0 aliphatic heterocycles. The molecular formula is C17H17N7O. The quantitative estimate of drug-likeness (QED) is 0.577. The van der Waals surface area contributed by atoms with Gasteiger partial charge in [0.15, 0.2) is 11.5 Å². The summed E-state index contributed by atoms with van der Waals surface area (Å²) in [5.41, 5.74) is 3.18. The fraction of sp³-hybridized carbons (Fsp3) is 0.176. The fourth-order valence-corrected chi connectivity index (χ4v) is 2.73. The van der Waals surface area contributed by atoms with Crippen molar-refractivity contribution in [3.63, 3.8) is 0 Å². The maximum absolute atomic E-state index is 12.4. The summed E-state index contributed by atoms with van der Waals surface area (Å²) in [4.78, 5) is 19.4. The van der Waals surface area contributed by atoms with E-state index in [0.29, 0.717) is 30.0 Å². The second-order valence-electron chi connectivity index (χ2n) is 5.76. The molecule has 0 saturated heterocycles. The minimum Gasteiger partial charge on any atom is -0.352 e. The van der Waals surface area contributed by atoms with Gasteiger partial charge in [-0.25, -0.2) is 4.98 Å². The van der Waals surface area contributed by atoms with Gasteiger partial charge in [-0.15, -0.1) is 10.2 Å². The molecule has 25 heavy (non-hydrogen) atoms. The van der Waals surface area contributed by atoms with Crippen molar-refractivity contribution in [1.29, 1.82) is 0 Å². The van der Waals surface area contributed by atoms with Crippen LogP contribution in [0.25, 0.3) is 17.2 Å². The van der Waals surface area contributed by atoms with E-state index in [0.717, 1.165) is 11.4 Å². The van der Waals surface area contributed by atoms with Crippen molar-refractivity contribution in [1.82, 2.24) is 34.4 Å². The number of H-pyrrole nitrogens is 1. The Balaban J connectivity index is 1.56. The van der Waals surface area contributed by atoms with Crippen LogP contribution >= 0.6 is 0 Å². The third-order valence-corrected chi connectivity index (χ3v) is 4.07. The zero-order valence-electron chi connectivity index (χ0n) is 13.7. The lowest BCUT2D eigenvalue weighted by Gasteiger charge is -2.06. The van der Waals surface area contributed by atoms with Gasteiger partial charge in [0, 0.05) is 44.3 Å². The average molecular weight is 335 g/mol. The van der Waals surface area contributed by atoms with Crippen LogP contribution in [0.15, 0.2) is 49.2 Å². The summed E-state index contributed by atoms with van der Waals surface area (Å²) in [5, 5.41) is 11.3. The van der Waals surface area contributed by atoms with Gasteiger partial charge < -0.3 is 14.9 Å². The van der Waals surface area contributed by atoms with Gasteiger partial charge in [0.05, 0.1) is 17.6 Å². The van der Waals surface area contributed by atoms with E-state index in [4.69, 9.17) is 0 Å². The van der Waals surface area contributed by atoms with Crippen LogP contribution in [-0.4, -0.2) is 41.6 Å². The molecule has 8 nitrogen and oxygen atoms in total. The van der Waals surface area contributed by atoms with Gasteiger partial charge in [-0.2, -0.15) is 0 Å². The van der Waals surface area contributed by atoms with Crippen LogP contribution in [0.1, 0.15) is 16.1 Å². The zero-order chi connectivity index (χ0) is 17.2. The Bertz CT molecular complexity index is 1010. The van der Waals surface area contributed by atoms with Crippen molar-refractivity contribution >= 4 is 11.6 Å². The Kier molecular flexibility index (Phi) is 3.77. The summed E-state index contributed by atoms with van der Waals surface area (Å²) < 4.78 is 3.80. The lowest BCUT2D eigenvalue weighted by atomic mass is 10.2. The molecule has 0 atom stereocenters. The molecule has 2 N–H and O–H groups in total. The highest BCUT2D eigenvalue weighted by Crippen LogP contribution is 2.18. The van der Waals surface area contributed by atoms with E-state index in [1.165, 1.54) is 0 Å². The summed E-state index contributed by atoms with van der Waals surface area (Å²) in [5.74, 6) is 0.572. The normalized spacial score (nSPS) is 11.1. The Morgan fingerprint density at radius 2 is 2.20 bits per heavy atom. The predicted octanol–water partition coefficient (Wildman–Crippen LogP) is 1.43. The first kappa shape index (κ1) is 15.1. The number of nitrogens with one attached hydrogen (secondary N) is 2. The third-order valence-electron chi connectivity index (χ3n) is 4.07. The SMILES string of the molecule is Cn1cccc1-c1nnc2ccc(C(=O)NCCc3cnc[nH]3)cn12. The number of hydrogen-bond donors (Lipinski definition) is 2. The lowest BCUT2D eigenvalue weighted by Crippen LogP contribution is -2.26. The molecule has 0 aromatic carbocycles. The molecular weight excluding hydrogens is 318 g/mol. The van der Waals surface area contributed by atoms with Gasteiger partial charge in [-0.3, -0.25) is 9.20 Å². The number of rotatable bonds is 5. The Morgan fingerprint density at radius 1 is 1.28 bits per heavy atom. The summed E-state index contributed by atoms with van der Waals surface area (Å²) in [6.45, 7) is 0.534. The minimum atomic E-state index is -0.132. The van der Waals surface area contributed by atoms with Gasteiger partial charge in [0.2, 0.25) is 0 Å². The van der Waals surface area contributed by atoms with Crippen LogP contribution in [0.2, 0.25) is 0 Å². The Hall–Kier alpha value is -3.42. The fourth-order valence-electron chi connectivity index (χ4n) is 2.73. The topological polar surface area (TPSA) is 92.9 Å². The molecule has 0 fully saturated rings. The number of imidazole rings is 1. The molecule has 8 heteroatoms. The van der Waals surface area contributed by atoms with E-state index >= 15 is 0 Å². The van der Waals surface area contributed by atoms with Gasteiger partial charge in [-0.05, 0) is 24.3 Å². The molecule has 1 amide bonds. The highest BCUT2D eigenvalue weighted by Gasteiger charge is 2.13. The molecule has 0 spiro atoms. The van der Waals surface area contributed by atoms with E-state index < -0.39 is 0 Å². The number of aryl methyl sites for hydroxylation is 1. The number of pyridine rings is 1. The monoisotopic (exact) mass is 335 g/mol. The van der Waals surface area contributed by atoms with Crippen LogP contribution in [0.3, 0.4) is 0 Å². The largest absolute Gasteiger partial charge is 0.352 e. The Morgan fingerprint density at radius 3 is 2.96 bits per heavy atom. The van der Waals surface area contributed by atoms with Gasteiger partial charge in [-0.1, -0.05) is 0 Å². The summed E-state index contributed by atoms with van der Waals surface area (Å²) in [7, 11) is 1.95. The molecule has 0 bridgehead atoms. The number of carbonyl (C=O) groups is 1. The molecule has 126 valence electrons. The molecule has 0 radical (unpaired) electrons. The van der Waals surface area contributed by atoms with E-state index in [2.05, 4.69) is 25.5 Å². The molecule has 4 aromatic rings. The molecule has 0 unspecified atom stereocenters. The highest BCUT2D eigenvalue weighted by molar-refractivity contribution is 5.94. The van der Waals surface area contributed by atoms with Crippen LogP contribution < -0.4 is 5.32 Å². The molecule has 0 aliphatic rings. The number of aromatic nitrogens is 6. The number of nitrogens with zero attached hydrogens (tertiary/aromatic N) is 5. The molecule has 4 heterocycles. The van der Waals surface area contributed by atoms with E-state index in [1.807, 2.05) is 34.3 Å². The van der Waals surface area contributed by atoms with Crippen LogP contribution in [0.5, 0.6) is 0 Å². The second kappa shape index (κ2) is 6.23. The van der Waals surface area contributed by atoms with Gasteiger partial charge in [0.1, 0.15) is 0 Å². The van der Waals surface area contributed by atoms with Crippen molar-refractivity contribution in [3.05, 3.63) is 60.4 Å². The van der Waals surface area contributed by atoms with Crippen molar-refractivity contribution in [2.75, 3.05) is 6.54 Å². The average Bonchev–Trinajstić information content (AvgIpc) is 3.34. The van der Waals surface area contributed by atoms with Crippen LogP contribution in [-0.2, 0) is 13.5 Å². The first-order valence-corrected chi connectivity index (χ1v) is 7.94. The third kappa shape index (κ3) is 2.89. The Labute approximate surface area is 143 Å². The van der Waals surface area contributed by atoms with E-state index in [9.17, 15) is 4.79 Å². The van der Waals surface area contributed by atoms with E-state index in [1.54, 1.807) is 30.9 Å². The van der Waals surface area contributed by atoms with Crippen molar-refractivity contribution < 1.29 is 4.79 Å². The minimum absolute atomic E-state index is 0.132. The summed E-state index contributed by atoms with van der Waals surface area (Å²) >= 11 is 0. The van der Waals surface area contributed by atoms with Gasteiger partial charge in [0.25, 0.3) is 5.91 Å². The van der Waals surface area contributed by atoms with Crippen LogP contribution in [0.4, 0.5) is 0 Å². The second-order valence-corrected chi connectivity index (χ2v) is 5.76. The molecule has 0 saturated carbocycles. The van der Waals surface area contributed by atoms with Crippen LogP contribution in [0, 0.1) is 0 Å². The summed E-state index contributed by atoms with van der Waals surface area (Å²) in [6, 6.07) is 7.46. The number of aromatic amines is 1. The number of hydrogen-bond acceptors (Lipinski definition) is 4. The predicted molar refractivity (Wildman–Crippen MR) is 92.0 cm³/mol. The highest BCUT2D eigenvalue weighted by atomic mass is 16.1. The van der Waals surface area contributed by atoms with Crippen molar-refractivity contribution in [2.24, 2.45) is 7.05 Å². The van der Waals surface area contributed by atoms with Crippen molar-refractivity contribution in [3.8, 4) is 11.5 Å². The van der Waals surface area contributed by atoms with Gasteiger partial charge >= 0.3 is 0 Å². The smallest absolute Gasteiger partial charge is 0.252 e. The number of fused-ring (bicyclic) bond motifs is 1. The standard InChI is InChI=1S/C17H17N7O/c1-23-8-2-3-14(23)16-22-21-15-5-4-12(10-24(15)16)17(25)19-7-6-13-9-18-11-20-13/h2-5,8-11H,6-7H2,1H3,(H,18,20)(H,19,25). The first-order valence-electron chi connectivity index (χ1n) is 7.94. The van der Waals surface area contributed by atoms with E-state index in [-0.39, 0.29) is 5.91 Å². The molecule has 4 aromatic heterocycles. The first-order chi connectivity index (χ1) is 12.2. The zero-order valence-corrected chi connectivity index (χ0v) is 13.7. The van der Waals surface area contributed by atoms with Crippen molar-refractivity contribution in [2.45, 2.75) is 6.42 Å². The lowest BCUT2D eigenvalue weighted by molar-refractivity contribution is 0.0953. The number of carbonyl (C=O) groups excluding carboxylic acids is 1. The molecule has 0 aliphatic carbocycles. The maximum atomic E-state index is 12.4.